The van der Waals surface area contributed by atoms with Gasteiger partial charge >= 0.3 is 0 Å². The van der Waals surface area contributed by atoms with Gasteiger partial charge in [0.05, 0.1) is 25.4 Å². The zero-order chi connectivity index (χ0) is 46.9. The van der Waals surface area contributed by atoms with E-state index in [1.807, 2.05) is 0 Å². The van der Waals surface area contributed by atoms with E-state index >= 15 is 0 Å². The number of hydrogen-bond donors (Lipinski definition) is 8. The molecule has 8 N–H and O–H groups in total. The molecule has 1 rings (SSSR count). The molecule has 0 saturated carbocycles. The molecule has 64 heavy (non-hydrogen) atoms. The van der Waals surface area contributed by atoms with E-state index in [2.05, 4.69) is 43.5 Å². The predicted molar refractivity (Wildman–Crippen MR) is 261 cm³/mol. The Labute approximate surface area is 391 Å². The summed E-state index contributed by atoms with van der Waals surface area (Å²) in [6, 6.07) is -1.17. The number of carbonyl (C=O) groups is 1. The molecule has 0 aromatic carbocycles. The first-order chi connectivity index (χ1) is 31.2. The number of amides is 1. The Morgan fingerprint density at radius 1 is 0.547 bits per heavy atom. The second-order valence-electron chi connectivity index (χ2n) is 19.0. The number of carbonyl (C=O) groups excluding carboxylic acids is 1. The topological polar surface area (TPSA) is 189 Å². The molecule has 1 amide bonds. The van der Waals surface area contributed by atoms with Gasteiger partial charge in [0.1, 0.15) is 36.6 Å². The van der Waals surface area contributed by atoms with Crippen molar-refractivity contribution < 1.29 is 50.0 Å². The molecule has 0 bridgehead atoms. The fourth-order valence-electron chi connectivity index (χ4n) is 8.59. The molecule has 1 heterocycles. The largest absolute Gasteiger partial charge is 0.394 e. The van der Waals surface area contributed by atoms with Crippen LogP contribution in [0.4, 0.5) is 0 Å². The van der Waals surface area contributed by atoms with Gasteiger partial charge in [0.25, 0.3) is 0 Å². The van der Waals surface area contributed by atoms with Crippen LogP contribution < -0.4 is 5.32 Å². The van der Waals surface area contributed by atoms with Crippen LogP contribution in [0.15, 0.2) is 24.3 Å². The van der Waals surface area contributed by atoms with Crippen molar-refractivity contribution in [1.82, 2.24) is 5.32 Å². The third-order valence-corrected chi connectivity index (χ3v) is 13.0. The quantitative estimate of drug-likeness (QED) is 0.0216. The first-order valence-corrected chi connectivity index (χ1v) is 26.7. The van der Waals surface area contributed by atoms with Crippen LogP contribution in [-0.2, 0) is 14.3 Å². The predicted octanol–water partition coefficient (Wildman–Crippen LogP) is 10.2. The molecule has 0 aliphatic carbocycles. The minimum Gasteiger partial charge on any atom is -0.394 e. The van der Waals surface area contributed by atoms with Crippen molar-refractivity contribution in [1.29, 1.82) is 0 Å². The number of unbranched alkanes of at least 4 members (excludes halogenated alkanes) is 29. The van der Waals surface area contributed by atoms with E-state index in [0.29, 0.717) is 19.3 Å². The number of allylic oxidation sites excluding steroid dienone is 4. The van der Waals surface area contributed by atoms with Crippen molar-refractivity contribution in [3.05, 3.63) is 24.3 Å². The van der Waals surface area contributed by atoms with Crippen molar-refractivity contribution in [3.63, 3.8) is 0 Å². The lowest BCUT2D eigenvalue weighted by molar-refractivity contribution is -0.303. The molecule has 0 aromatic rings. The molecule has 9 atom stereocenters. The van der Waals surface area contributed by atoms with Crippen LogP contribution in [0, 0.1) is 0 Å². The van der Waals surface area contributed by atoms with Gasteiger partial charge in [-0.3, -0.25) is 4.79 Å². The monoisotopic (exact) mass is 912 g/mol. The van der Waals surface area contributed by atoms with Crippen LogP contribution in [0.3, 0.4) is 0 Å². The number of nitrogens with one attached hydrogen (secondary N) is 1. The first-order valence-electron chi connectivity index (χ1n) is 26.7. The standard InChI is InChI=1S/C53H101NO10/c1-3-5-7-9-11-13-15-17-19-21-22-23-24-25-27-28-30-32-34-36-38-40-45(56)48(58)44(43-63-53-51(61)50(60)49(59)47(42-55)64-53)54-52(62)46(57)41-39-37-35-33-31-29-26-20-18-16-14-12-10-8-6-4-2/h12,14,18,20,44-51,53,55-61H,3-11,13,15-17,19,21-43H2,1-2H3,(H,54,62)/b14-12-,20-18-. The third-order valence-electron chi connectivity index (χ3n) is 13.0. The average Bonchev–Trinajstić information content (AvgIpc) is 3.29. The number of aliphatic hydroxyl groups excluding tert-OH is 7. The highest BCUT2D eigenvalue weighted by molar-refractivity contribution is 5.80. The summed E-state index contributed by atoms with van der Waals surface area (Å²) < 4.78 is 11.1. The molecule has 378 valence electrons. The fraction of sp³-hybridized carbons (Fsp3) is 0.906. The summed E-state index contributed by atoms with van der Waals surface area (Å²) in [4.78, 5) is 13.1. The van der Waals surface area contributed by atoms with E-state index in [1.54, 1.807) is 0 Å². The van der Waals surface area contributed by atoms with Gasteiger partial charge in [-0.1, -0.05) is 218 Å². The summed E-state index contributed by atoms with van der Waals surface area (Å²) >= 11 is 0. The minimum absolute atomic E-state index is 0.249. The summed E-state index contributed by atoms with van der Waals surface area (Å²) in [5.41, 5.74) is 0. The maximum Gasteiger partial charge on any atom is 0.249 e. The average molecular weight is 912 g/mol. The van der Waals surface area contributed by atoms with Crippen LogP contribution in [0.1, 0.15) is 239 Å². The van der Waals surface area contributed by atoms with Crippen LogP contribution in [0.2, 0.25) is 0 Å². The lowest BCUT2D eigenvalue weighted by Crippen LogP contribution is -2.60. The molecular weight excluding hydrogens is 811 g/mol. The smallest absolute Gasteiger partial charge is 0.249 e. The molecule has 11 nitrogen and oxygen atoms in total. The van der Waals surface area contributed by atoms with Gasteiger partial charge in [0, 0.05) is 0 Å². The SMILES string of the molecule is CCCCC/C=C\C/C=C\CCCCCCCCC(O)C(=O)NC(COC1OC(CO)C(O)C(O)C1O)C(O)C(O)CCCCCCCCCCCCCCCCCCCCCCC. The molecule has 1 fully saturated rings. The Bertz CT molecular complexity index is 1090. The number of aliphatic hydroxyl groups is 7. The number of rotatable bonds is 45. The Kier molecular flexibility index (Phi) is 40.6. The molecule has 1 aliphatic rings. The Morgan fingerprint density at radius 3 is 1.42 bits per heavy atom. The van der Waals surface area contributed by atoms with E-state index in [0.717, 1.165) is 64.2 Å². The zero-order valence-electron chi connectivity index (χ0n) is 41.0. The van der Waals surface area contributed by atoms with E-state index in [4.69, 9.17) is 9.47 Å². The van der Waals surface area contributed by atoms with Gasteiger partial charge in [-0.2, -0.15) is 0 Å². The molecular formula is C53H101NO10. The van der Waals surface area contributed by atoms with Crippen molar-refractivity contribution >= 4 is 5.91 Å². The fourth-order valence-corrected chi connectivity index (χ4v) is 8.59. The maximum atomic E-state index is 13.1. The highest BCUT2D eigenvalue weighted by Gasteiger charge is 2.44. The second kappa shape index (κ2) is 42.9. The van der Waals surface area contributed by atoms with Gasteiger partial charge in [0.2, 0.25) is 5.91 Å². The highest BCUT2D eigenvalue weighted by atomic mass is 16.7. The minimum atomic E-state index is -1.66. The first kappa shape index (κ1) is 60.6. The van der Waals surface area contributed by atoms with Crippen molar-refractivity contribution in [2.75, 3.05) is 13.2 Å². The Balaban J connectivity index is 2.36. The van der Waals surface area contributed by atoms with Crippen LogP contribution in [-0.4, -0.2) is 110 Å². The van der Waals surface area contributed by atoms with Crippen LogP contribution in [0.25, 0.3) is 0 Å². The number of ether oxygens (including phenoxy) is 2. The Hall–Kier alpha value is -1.41. The van der Waals surface area contributed by atoms with Gasteiger partial charge < -0.3 is 50.5 Å². The highest BCUT2D eigenvalue weighted by Crippen LogP contribution is 2.23. The van der Waals surface area contributed by atoms with Gasteiger partial charge in [-0.25, -0.2) is 0 Å². The zero-order valence-corrected chi connectivity index (χ0v) is 41.0. The molecule has 0 spiro atoms. The van der Waals surface area contributed by atoms with E-state index in [9.17, 15) is 40.5 Å². The van der Waals surface area contributed by atoms with Crippen molar-refractivity contribution in [2.24, 2.45) is 0 Å². The van der Waals surface area contributed by atoms with E-state index in [-0.39, 0.29) is 6.42 Å². The normalized spacial score (nSPS) is 21.2. The molecule has 0 aromatic heterocycles. The third kappa shape index (κ3) is 31.5. The summed E-state index contributed by atoms with van der Waals surface area (Å²) in [5, 5.41) is 76.0. The van der Waals surface area contributed by atoms with Crippen LogP contribution >= 0.6 is 0 Å². The molecule has 11 heteroatoms. The lowest BCUT2D eigenvalue weighted by Gasteiger charge is -2.40. The number of hydrogen-bond acceptors (Lipinski definition) is 10. The van der Waals surface area contributed by atoms with Gasteiger partial charge in [-0.15, -0.1) is 0 Å². The molecule has 0 radical (unpaired) electrons. The van der Waals surface area contributed by atoms with Crippen molar-refractivity contribution in [3.8, 4) is 0 Å². The van der Waals surface area contributed by atoms with E-state index < -0.39 is 74.2 Å². The van der Waals surface area contributed by atoms with Crippen LogP contribution in [0.5, 0.6) is 0 Å². The Morgan fingerprint density at radius 2 is 0.953 bits per heavy atom. The maximum absolute atomic E-state index is 13.1. The van der Waals surface area contributed by atoms with E-state index in [1.165, 1.54) is 135 Å². The molecule has 1 aliphatic heterocycles. The summed E-state index contributed by atoms with van der Waals surface area (Å²) in [7, 11) is 0. The van der Waals surface area contributed by atoms with Gasteiger partial charge in [0.15, 0.2) is 6.29 Å². The summed E-state index contributed by atoms with van der Waals surface area (Å²) in [6.07, 6.45) is 37.9. The summed E-state index contributed by atoms with van der Waals surface area (Å²) in [5.74, 6) is -0.703. The van der Waals surface area contributed by atoms with Gasteiger partial charge in [-0.05, 0) is 44.9 Å². The molecule has 1 saturated heterocycles. The summed E-state index contributed by atoms with van der Waals surface area (Å²) in [6.45, 7) is 3.44. The molecule has 9 unspecified atom stereocenters. The second-order valence-corrected chi connectivity index (χ2v) is 19.0. The van der Waals surface area contributed by atoms with Crippen molar-refractivity contribution in [2.45, 2.75) is 294 Å². The lowest BCUT2D eigenvalue weighted by atomic mass is 9.98.